The zero-order chi connectivity index (χ0) is 16.4. The quantitative estimate of drug-likeness (QED) is 0.423. The van der Waals surface area contributed by atoms with Crippen molar-refractivity contribution in [1.29, 1.82) is 0 Å². The van der Waals surface area contributed by atoms with Crippen LogP contribution in [0.25, 0.3) is 0 Å². The Bertz CT molecular complexity index is 265. The molecule has 1 heteroatoms. The molecule has 1 aliphatic carbocycles. The number of hydrogen-bond acceptors (Lipinski definition) is 1. The van der Waals surface area contributed by atoms with E-state index in [0.29, 0.717) is 5.78 Å². The third-order valence-corrected chi connectivity index (χ3v) is 2.65. The smallest absolute Gasteiger partial charge is 0.165 e. The van der Waals surface area contributed by atoms with Gasteiger partial charge in [-0.2, -0.15) is 0 Å². The highest BCUT2D eigenvalue weighted by Crippen LogP contribution is 2.28. The van der Waals surface area contributed by atoms with Crippen molar-refractivity contribution in [3.63, 3.8) is 0 Å². The molecule has 0 heterocycles. The number of carbonyl (C=O) groups is 1. The van der Waals surface area contributed by atoms with E-state index in [4.69, 9.17) is 0 Å². The van der Waals surface area contributed by atoms with Crippen LogP contribution >= 0.6 is 0 Å². The molecule has 0 aromatic heterocycles. The third-order valence-electron chi connectivity index (χ3n) is 2.65. The van der Waals surface area contributed by atoms with Crippen LogP contribution in [0.15, 0.2) is 36.5 Å². The Morgan fingerprint density at radius 1 is 1.00 bits per heavy atom. The van der Waals surface area contributed by atoms with Gasteiger partial charge in [-0.25, -0.2) is 0 Å². The van der Waals surface area contributed by atoms with Gasteiger partial charge >= 0.3 is 0 Å². The van der Waals surface area contributed by atoms with Crippen molar-refractivity contribution in [1.82, 2.24) is 0 Å². The number of allylic oxidation sites excluding steroid dienone is 5. The second-order valence-corrected chi connectivity index (χ2v) is 3.70. The lowest BCUT2D eigenvalue weighted by atomic mass is 9.95. The van der Waals surface area contributed by atoms with Crippen LogP contribution in [0.3, 0.4) is 0 Å². The van der Waals surface area contributed by atoms with E-state index in [2.05, 4.69) is 6.58 Å². The third kappa shape index (κ3) is 10.8. The average Bonchev–Trinajstić information content (AvgIpc) is 3.07. The Morgan fingerprint density at radius 3 is 1.80 bits per heavy atom. The second kappa shape index (κ2) is 20.2. The summed E-state index contributed by atoms with van der Waals surface area (Å²) in [5, 5.41) is 0. The standard InChI is InChI=1S/C13H18O.3C2H6/c1-3-7-11(8-4-2)13(14)12-9-5-6-10-12;3*1-2/h3-4,7-8,12H,1,5-6,9-10H2,2H3;3*1-2H3/b8-4-,11-7+;;;. The van der Waals surface area contributed by atoms with E-state index in [-0.39, 0.29) is 5.92 Å². The topological polar surface area (TPSA) is 17.1 Å². The lowest BCUT2D eigenvalue weighted by Gasteiger charge is -2.07. The van der Waals surface area contributed by atoms with Crippen molar-refractivity contribution in [3.05, 3.63) is 36.5 Å². The molecule has 0 amide bonds. The zero-order valence-corrected chi connectivity index (χ0v) is 14.8. The Labute approximate surface area is 127 Å². The molecule has 1 saturated carbocycles. The molecule has 1 rings (SSSR count). The van der Waals surface area contributed by atoms with Crippen molar-refractivity contribution < 1.29 is 4.79 Å². The molecule has 1 fully saturated rings. The largest absolute Gasteiger partial charge is 0.294 e. The Hall–Kier alpha value is -1.11. The molecule has 0 bridgehead atoms. The molecule has 0 spiro atoms. The minimum absolute atomic E-state index is 0.261. The summed E-state index contributed by atoms with van der Waals surface area (Å²) in [6.45, 7) is 17.6. The van der Waals surface area contributed by atoms with Gasteiger partial charge in [-0.15, -0.1) is 0 Å². The Morgan fingerprint density at radius 2 is 1.45 bits per heavy atom. The first-order valence-corrected chi connectivity index (χ1v) is 8.29. The molecule has 118 valence electrons. The number of ketones is 1. The Kier molecular flexibility index (Phi) is 24.2. The van der Waals surface area contributed by atoms with Crippen LogP contribution in [0.5, 0.6) is 0 Å². The summed E-state index contributed by atoms with van der Waals surface area (Å²) >= 11 is 0. The van der Waals surface area contributed by atoms with Crippen LogP contribution in [0.4, 0.5) is 0 Å². The van der Waals surface area contributed by atoms with Crippen molar-refractivity contribution in [2.75, 3.05) is 0 Å². The summed E-state index contributed by atoms with van der Waals surface area (Å²) in [6, 6.07) is 0. The first-order chi connectivity index (χ1) is 9.79. The summed E-state index contributed by atoms with van der Waals surface area (Å²) in [5.41, 5.74) is 0.800. The first-order valence-electron chi connectivity index (χ1n) is 8.29. The van der Waals surface area contributed by atoms with Crippen LogP contribution in [0.2, 0.25) is 0 Å². The van der Waals surface area contributed by atoms with Gasteiger partial charge < -0.3 is 0 Å². The Balaban J connectivity index is -0.000000425. The van der Waals surface area contributed by atoms with Crippen LogP contribution in [0, 0.1) is 5.92 Å². The molecule has 0 aromatic rings. The lowest BCUT2D eigenvalue weighted by molar-refractivity contribution is -0.118. The van der Waals surface area contributed by atoms with Crippen molar-refractivity contribution >= 4 is 5.78 Å². The van der Waals surface area contributed by atoms with Crippen LogP contribution in [-0.4, -0.2) is 5.78 Å². The first kappa shape index (κ1) is 23.9. The van der Waals surface area contributed by atoms with Gasteiger partial charge in [-0.1, -0.05) is 85.3 Å². The van der Waals surface area contributed by atoms with Gasteiger partial charge in [0.05, 0.1) is 0 Å². The lowest BCUT2D eigenvalue weighted by Crippen LogP contribution is -2.12. The molecule has 0 atom stereocenters. The van der Waals surface area contributed by atoms with Crippen LogP contribution < -0.4 is 0 Å². The number of carbonyl (C=O) groups excluding carboxylic acids is 1. The normalized spacial score (nSPS) is 14.2. The highest BCUT2D eigenvalue weighted by molar-refractivity contribution is 6.00. The van der Waals surface area contributed by atoms with E-state index in [1.54, 1.807) is 12.2 Å². The predicted octanol–water partition coefficient (Wildman–Crippen LogP) is 6.51. The molecular formula is C19H36O. The highest BCUT2D eigenvalue weighted by Gasteiger charge is 2.23. The van der Waals surface area contributed by atoms with E-state index in [1.807, 2.05) is 60.6 Å². The van der Waals surface area contributed by atoms with E-state index < -0.39 is 0 Å². The minimum atomic E-state index is 0.261. The molecule has 1 nitrogen and oxygen atoms in total. The molecule has 0 aliphatic heterocycles. The fraction of sp³-hybridized carbons (Fsp3) is 0.632. The molecule has 1 aliphatic rings. The SMILES string of the molecule is C=C/C=C(\C=C/C)C(=O)C1CCCC1.CC.CC.CC. The monoisotopic (exact) mass is 280 g/mol. The van der Waals surface area contributed by atoms with Crippen molar-refractivity contribution in [2.24, 2.45) is 5.92 Å². The molecule has 20 heavy (non-hydrogen) atoms. The van der Waals surface area contributed by atoms with Gasteiger partial charge in [0.25, 0.3) is 0 Å². The summed E-state index contributed by atoms with van der Waals surface area (Å²) in [7, 11) is 0. The van der Waals surface area contributed by atoms with E-state index in [0.717, 1.165) is 18.4 Å². The van der Waals surface area contributed by atoms with Gasteiger partial charge in [0.1, 0.15) is 0 Å². The van der Waals surface area contributed by atoms with Gasteiger partial charge in [-0.3, -0.25) is 4.79 Å². The van der Waals surface area contributed by atoms with Gasteiger partial charge in [-0.05, 0) is 19.8 Å². The maximum absolute atomic E-state index is 12.0. The maximum Gasteiger partial charge on any atom is 0.165 e. The fourth-order valence-corrected chi connectivity index (χ4v) is 1.95. The van der Waals surface area contributed by atoms with E-state index in [1.165, 1.54) is 12.8 Å². The average molecular weight is 280 g/mol. The van der Waals surface area contributed by atoms with Gasteiger partial charge in [0, 0.05) is 11.5 Å². The van der Waals surface area contributed by atoms with Crippen LogP contribution in [0.1, 0.15) is 74.1 Å². The van der Waals surface area contributed by atoms with Gasteiger partial charge in [0.2, 0.25) is 0 Å². The van der Waals surface area contributed by atoms with E-state index in [9.17, 15) is 4.79 Å². The maximum atomic E-state index is 12.0. The minimum Gasteiger partial charge on any atom is -0.294 e. The van der Waals surface area contributed by atoms with Crippen molar-refractivity contribution in [2.45, 2.75) is 74.1 Å². The molecule has 0 unspecified atom stereocenters. The fourth-order valence-electron chi connectivity index (χ4n) is 1.95. The molecular weight excluding hydrogens is 244 g/mol. The van der Waals surface area contributed by atoms with Gasteiger partial charge in [0.15, 0.2) is 5.78 Å². The zero-order valence-electron chi connectivity index (χ0n) is 14.8. The second-order valence-electron chi connectivity index (χ2n) is 3.70. The molecule has 0 saturated heterocycles. The predicted molar refractivity (Wildman–Crippen MR) is 94.1 cm³/mol. The summed E-state index contributed by atoms with van der Waals surface area (Å²) in [4.78, 5) is 12.0. The summed E-state index contributed by atoms with van der Waals surface area (Å²) in [5.74, 6) is 0.554. The summed E-state index contributed by atoms with van der Waals surface area (Å²) in [6.07, 6.45) is 11.8. The van der Waals surface area contributed by atoms with E-state index >= 15 is 0 Å². The highest BCUT2D eigenvalue weighted by atomic mass is 16.1. The molecule has 0 aromatic carbocycles. The van der Waals surface area contributed by atoms with Crippen LogP contribution in [-0.2, 0) is 4.79 Å². The van der Waals surface area contributed by atoms with Crippen molar-refractivity contribution in [3.8, 4) is 0 Å². The summed E-state index contributed by atoms with van der Waals surface area (Å²) < 4.78 is 0. The molecule has 0 N–H and O–H groups in total. The number of hydrogen-bond donors (Lipinski definition) is 0. The number of Topliss-reactive ketones (excluding diaryl/α,β-unsaturated/α-hetero) is 1. The molecule has 0 radical (unpaired) electrons. The number of rotatable bonds is 4.